The second-order valence-electron chi connectivity index (χ2n) is 6.72. The highest BCUT2D eigenvalue weighted by Crippen LogP contribution is 2.38. The Morgan fingerprint density at radius 2 is 1.87 bits per heavy atom. The van der Waals surface area contributed by atoms with E-state index in [1.165, 1.54) is 11.8 Å². The number of fused-ring (bicyclic) bond motifs is 1. The number of anilines is 2. The number of carbonyl (C=O) groups is 1. The molecule has 0 aliphatic carbocycles. The molecule has 3 aromatic carbocycles. The number of halogens is 1. The number of rotatable bonds is 6. The van der Waals surface area contributed by atoms with Crippen LogP contribution in [-0.2, 0) is 11.2 Å². The Kier molecular flexibility index (Phi) is 6.21. The minimum atomic E-state index is -1.13. The first-order valence-electron chi connectivity index (χ1n) is 9.34. The first kappa shape index (κ1) is 20.9. The Labute approximate surface area is 191 Å². The molecule has 0 saturated heterocycles. The molecule has 0 atom stereocenters. The van der Waals surface area contributed by atoms with E-state index in [1.807, 2.05) is 48.5 Å². The fourth-order valence-electron chi connectivity index (χ4n) is 3.27. The van der Waals surface area contributed by atoms with Crippen LogP contribution in [0.1, 0.15) is 11.1 Å². The zero-order chi connectivity index (χ0) is 21.8. The van der Waals surface area contributed by atoms with Gasteiger partial charge in [-0.1, -0.05) is 52.0 Å². The van der Waals surface area contributed by atoms with Crippen molar-refractivity contribution < 1.29 is 9.90 Å². The number of benzene rings is 3. The van der Waals surface area contributed by atoms with E-state index in [1.54, 1.807) is 24.5 Å². The van der Waals surface area contributed by atoms with E-state index in [2.05, 4.69) is 32.3 Å². The van der Waals surface area contributed by atoms with Gasteiger partial charge in [0, 0.05) is 49.3 Å². The maximum absolute atomic E-state index is 11.2. The fourth-order valence-corrected chi connectivity index (χ4v) is 4.66. The third-order valence-corrected chi connectivity index (χ3v) is 6.36. The Morgan fingerprint density at radius 3 is 2.65 bits per heavy atom. The van der Waals surface area contributed by atoms with Crippen LogP contribution in [0.15, 0.2) is 87.3 Å². The summed E-state index contributed by atoms with van der Waals surface area (Å²) >= 11 is 4.85. The lowest BCUT2D eigenvalue weighted by atomic mass is 10.0. The average Bonchev–Trinajstić information content (AvgIpc) is 2.76. The summed E-state index contributed by atoms with van der Waals surface area (Å²) in [7, 11) is 0. The number of carboxylic acids is 1. The predicted molar refractivity (Wildman–Crippen MR) is 123 cm³/mol. The molecule has 152 valence electrons. The SMILES string of the molecule is N#Cc1ccc(Nc2cnccc2Sc2ccc(Br)cc2CC(=O)[O-])c2ccccc12. The normalized spacial score (nSPS) is 10.6. The quantitative estimate of drug-likeness (QED) is 0.408. The number of carboxylic acid groups (broad SMARTS) is 1. The van der Waals surface area contributed by atoms with Gasteiger partial charge in [0.1, 0.15) is 0 Å². The predicted octanol–water partition coefficient (Wildman–Crippen LogP) is 5.06. The summed E-state index contributed by atoms with van der Waals surface area (Å²) in [6.45, 7) is 0. The van der Waals surface area contributed by atoms with Gasteiger partial charge in [-0.25, -0.2) is 0 Å². The van der Waals surface area contributed by atoms with Crippen molar-refractivity contribution in [1.82, 2.24) is 4.98 Å². The summed E-state index contributed by atoms with van der Waals surface area (Å²) in [6.07, 6.45) is 3.25. The number of hydrogen-bond acceptors (Lipinski definition) is 6. The zero-order valence-electron chi connectivity index (χ0n) is 16.1. The van der Waals surface area contributed by atoms with Crippen molar-refractivity contribution in [2.75, 3.05) is 5.32 Å². The molecule has 4 aromatic rings. The van der Waals surface area contributed by atoms with E-state index in [4.69, 9.17) is 0 Å². The van der Waals surface area contributed by atoms with Crippen LogP contribution in [-0.4, -0.2) is 11.0 Å². The van der Waals surface area contributed by atoms with Gasteiger partial charge in [0.25, 0.3) is 0 Å². The topological polar surface area (TPSA) is 88.8 Å². The second kappa shape index (κ2) is 9.21. The maximum atomic E-state index is 11.2. The van der Waals surface area contributed by atoms with Gasteiger partial charge in [-0.3, -0.25) is 4.98 Å². The summed E-state index contributed by atoms with van der Waals surface area (Å²) in [5.74, 6) is -1.13. The molecule has 1 aromatic heterocycles. The van der Waals surface area contributed by atoms with Crippen molar-refractivity contribution in [2.45, 2.75) is 16.2 Å². The van der Waals surface area contributed by atoms with E-state index < -0.39 is 5.97 Å². The van der Waals surface area contributed by atoms with Crippen LogP contribution in [0.5, 0.6) is 0 Å². The molecular formula is C24H15BrN3O2S-. The van der Waals surface area contributed by atoms with Crippen LogP contribution < -0.4 is 10.4 Å². The molecule has 7 heteroatoms. The number of carbonyl (C=O) groups excluding carboxylic acids is 1. The van der Waals surface area contributed by atoms with E-state index in [0.717, 1.165) is 36.4 Å². The molecule has 4 rings (SSSR count). The largest absolute Gasteiger partial charge is 0.550 e. The summed E-state index contributed by atoms with van der Waals surface area (Å²) in [5.41, 5.74) is 2.93. The number of nitrogens with one attached hydrogen (secondary N) is 1. The number of aromatic nitrogens is 1. The smallest absolute Gasteiger partial charge is 0.0998 e. The monoisotopic (exact) mass is 488 g/mol. The van der Waals surface area contributed by atoms with Gasteiger partial charge in [-0.15, -0.1) is 0 Å². The van der Waals surface area contributed by atoms with Crippen LogP contribution in [0.25, 0.3) is 10.8 Å². The first-order chi connectivity index (χ1) is 15.0. The van der Waals surface area contributed by atoms with Crippen LogP contribution in [0.4, 0.5) is 11.4 Å². The lowest BCUT2D eigenvalue weighted by Gasteiger charge is -2.15. The Bertz CT molecular complexity index is 1330. The van der Waals surface area contributed by atoms with E-state index >= 15 is 0 Å². The molecule has 31 heavy (non-hydrogen) atoms. The first-order valence-corrected chi connectivity index (χ1v) is 10.9. The number of hydrogen-bond donors (Lipinski definition) is 1. The summed E-state index contributed by atoms with van der Waals surface area (Å²) < 4.78 is 0.810. The molecule has 0 fully saturated rings. The highest BCUT2D eigenvalue weighted by Gasteiger charge is 2.12. The van der Waals surface area contributed by atoms with Gasteiger partial charge in [-0.2, -0.15) is 5.26 Å². The summed E-state index contributed by atoms with van der Waals surface area (Å²) in [6, 6.07) is 21.1. The molecule has 1 N–H and O–H groups in total. The molecule has 0 aliphatic heterocycles. The average molecular weight is 489 g/mol. The van der Waals surface area contributed by atoms with Crippen LogP contribution in [0, 0.1) is 11.3 Å². The number of nitriles is 1. The van der Waals surface area contributed by atoms with Crippen molar-refractivity contribution in [3.05, 3.63) is 88.7 Å². The molecule has 0 aliphatic rings. The Balaban J connectivity index is 1.71. The summed E-state index contributed by atoms with van der Waals surface area (Å²) in [4.78, 5) is 17.1. The van der Waals surface area contributed by atoms with Gasteiger partial charge in [0.2, 0.25) is 0 Å². The maximum Gasteiger partial charge on any atom is 0.0998 e. The number of nitrogens with zero attached hydrogens (tertiary/aromatic N) is 2. The van der Waals surface area contributed by atoms with E-state index in [-0.39, 0.29) is 6.42 Å². The van der Waals surface area contributed by atoms with Crippen LogP contribution in [0.2, 0.25) is 0 Å². The Morgan fingerprint density at radius 1 is 1.06 bits per heavy atom. The third kappa shape index (κ3) is 4.71. The number of aliphatic carboxylic acids is 1. The Hall–Kier alpha value is -3.34. The molecule has 0 radical (unpaired) electrons. The number of pyridine rings is 1. The van der Waals surface area contributed by atoms with Crippen molar-refractivity contribution in [1.29, 1.82) is 5.26 Å². The third-order valence-electron chi connectivity index (χ3n) is 4.67. The molecule has 0 spiro atoms. The zero-order valence-corrected chi connectivity index (χ0v) is 18.5. The van der Waals surface area contributed by atoms with Gasteiger partial charge in [0.05, 0.1) is 23.5 Å². The van der Waals surface area contributed by atoms with Gasteiger partial charge in [-0.05, 0) is 42.0 Å². The molecular weight excluding hydrogens is 474 g/mol. The molecule has 5 nitrogen and oxygen atoms in total. The molecule has 1 heterocycles. The standard InChI is InChI=1S/C24H16BrN3O2S/c25-17-6-8-22(16(11-17)12-24(29)30)31-23-9-10-27-14-21(23)28-20-7-5-15(13-26)18-3-1-2-4-19(18)20/h1-11,14,28H,12H2,(H,29,30)/p-1. The minimum Gasteiger partial charge on any atom is -0.550 e. The minimum absolute atomic E-state index is 0.171. The fraction of sp³-hybridized carbons (Fsp3) is 0.0417. The van der Waals surface area contributed by atoms with Crippen molar-refractivity contribution >= 4 is 55.8 Å². The molecule has 0 saturated carbocycles. The second-order valence-corrected chi connectivity index (χ2v) is 8.72. The lowest BCUT2D eigenvalue weighted by molar-refractivity contribution is -0.304. The van der Waals surface area contributed by atoms with E-state index in [9.17, 15) is 15.2 Å². The molecule has 0 bridgehead atoms. The van der Waals surface area contributed by atoms with Crippen molar-refractivity contribution in [3.8, 4) is 6.07 Å². The lowest BCUT2D eigenvalue weighted by Crippen LogP contribution is -2.24. The molecule has 0 unspecified atom stereocenters. The highest BCUT2D eigenvalue weighted by atomic mass is 79.9. The van der Waals surface area contributed by atoms with Crippen LogP contribution in [0.3, 0.4) is 0 Å². The highest BCUT2D eigenvalue weighted by molar-refractivity contribution is 9.10. The van der Waals surface area contributed by atoms with Gasteiger partial charge >= 0.3 is 0 Å². The van der Waals surface area contributed by atoms with Crippen LogP contribution >= 0.6 is 27.7 Å². The van der Waals surface area contributed by atoms with Crippen molar-refractivity contribution in [3.63, 3.8) is 0 Å². The summed E-state index contributed by atoms with van der Waals surface area (Å²) in [5, 5.41) is 25.8. The van der Waals surface area contributed by atoms with E-state index in [0.29, 0.717) is 11.1 Å². The van der Waals surface area contributed by atoms with Gasteiger partial charge in [0.15, 0.2) is 0 Å². The molecule has 0 amide bonds. The van der Waals surface area contributed by atoms with Crippen molar-refractivity contribution in [2.24, 2.45) is 0 Å². The van der Waals surface area contributed by atoms with Gasteiger partial charge < -0.3 is 15.2 Å².